The van der Waals surface area contributed by atoms with Crippen LogP contribution in [0.25, 0.3) is 0 Å². The minimum atomic E-state index is -0.266. The average molecular weight is 333 g/mol. The second-order valence-electron chi connectivity index (χ2n) is 6.11. The molecule has 6 heteroatoms. The lowest BCUT2D eigenvalue weighted by Crippen LogP contribution is -2.19. The van der Waals surface area contributed by atoms with E-state index in [2.05, 4.69) is 16.5 Å². The minimum Gasteiger partial charge on any atom is -0.345 e. The fraction of sp³-hybridized carbons (Fsp3) is 0.211. The number of amides is 1. The number of nitrogens with zero attached hydrogens (tertiary/aromatic N) is 4. The molecule has 1 aromatic carbocycles. The third kappa shape index (κ3) is 3.45. The summed E-state index contributed by atoms with van der Waals surface area (Å²) in [6.45, 7) is 4.52. The zero-order valence-corrected chi connectivity index (χ0v) is 14.4. The van der Waals surface area contributed by atoms with Crippen LogP contribution in [-0.2, 0) is 13.6 Å². The van der Waals surface area contributed by atoms with Crippen molar-refractivity contribution in [1.82, 2.24) is 14.3 Å². The largest absolute Gasteiger partial charge is 0.345 e. The molecule has 0 bridgehead atoms. The SMILES string of the molecule is Cc1cccc(Cn2ncc(C)c2NC(=O)c2cc(C#N)cn2C)c1. The van der Waals surface area contributed by atoms with Crippen LogP contribution >= 0.6 is 0 Å². The van der Waals surface area contributed by atoms with Gasteiger partial charge in [0.2, 0.25) is 0 Å². The Morgan fingerprint density at radius 2 is 2.12 bits per heavy atom. The van der Waals surface area contributed by atoms with E-state index >= 15 is 0 Å². The molecule has 2 aromatic heterocycles. The lowest BCUT2D eigenvalue weighted by atomic mass is 10.1. The highest BCUT2D eigenvalue weighted by Crippen LogP contribution is 2.18. The summed E-state index contributed by atoms with van der Waals surface area (Å²) in [5.74, 6) is 0.393. The van der Waals surface area contributed by atoms with Crippen LogP contribution in [0.2, 0.25) is 0 Å². The molecule has 25 heavy (non-hydrogen) atoms. The highest BCUT2D eigenvalue weighted by Gasteiger charge is 2.16. The van der Waals surface area contributed by atoms with Crippen LogP contribution in [0.3, 0.4) is 0 Å². The second-order valence-corrected chi connectivity index (χ2v) is 6.11. The molecule has 6 nitrogen and oxygen atoms in total. The van der Waals surface area contributed by atoms with Gasteiger partial charge in [-0.2, -0.15) is 10.4 Å². The van der Waals surface area contributed by atoms with Gasteiger partial charge in [0, 0.05) is 18.8 Å². The van der Waals surface area contributed by atoms with Crippen molar-refractivity contribution >= 4 is 11.7 Å². The van der Waals surface area contributed by atoms with Crippen molar-refractivity contribution in [2.75, 3.05) is 5.32 Å². The number of rotatable bonds is 4. The van der Waals surface area contributed by atoms with Gasteiger partial charge in [-0.15, -0.1) is 0 Å². The van der Waals surface area contributed by atoms with Gasteiger partial charge in [0.15, 0.2) is 0 Å². The maximum Gasteiger partial charge on any atom is 0.273 e. The van der Waals surface area contributed by atoms with Crippen LogP contribution in [0.15, 0.2) is 42.7 Å². The molecule has 0 aliphatic heterocycles. The van der Waals surface area contributed by atoms with Gasteiger partial charge in [-0.1, -0.05) is 29.8 Å². The fourth-order valence-electron chi connectivity index (χ4n) is 2.77. The average Bonchev–Trinajstić information content (AvgIpc) is 3.12. The van der Waals surface area contributed by atoms with Crippen molar-refractivity contribution in [3.05, 3.63) is 70.7 Å². The Morgan fingerprint density at radius 1 is 1.32 bits per heavy atom. The number of hydrogen-bond donors (Lipinski definition) is 1. The molecular weight excluding hydrogens is 314 g/mol. The first-order chi connectivity index (χ1) is 12.0. The van der Waals surface area contributed by atoms with Crippen molar-refractivity contribution in [3.63, 3.8) is 0 Å². The van der Waals surface area contributed by atoms with Crippen molar-refractivity contribution in [3.8, 4) is 6.07 Å². The molecule has 0 spiro atoms. The molecular formula is C19H19N5O. The van der Waals surface area contributed by atoms with Gasteiger partial charge < -0.3 is 9.88 Å². The summed E-state index contributed by atoms with van der Waals surface area (Å²) in [7, 11) is 1.74. The summed E-state index contributed by atoms with van der Waals surface area (Å²) < 4.78 is 3.42. The Kier molecular flexibility index (Phi) is 4.40. The predicted molar refractivity (Wildman–Crippen MR) is 95.3 cm³/mol. The Balaban J connectivity index is 1.85. The first-order valence-corrected chi connectivity index (χ1v) is 7.93. The molecule has 0 saturated carbocycles. The van der Waals surface area contributed by atoms with Crippen molar-refractivity contribution < 1.29 is 4.79 Å². The maximum absolute atomic E-state index is 12.6. The van der Waals surface area contributed by atoms with E-state index in [1.807, 2.05) is 38.1 Å². The van der Waals surface area contributed by atoms with Crippen LogP contribution < -0.4 is 5.32 Å². The van der Waals surface area contributed by atoms with Crippen LogP contribution in [0.1, 0.15) is 32.7 Å². The van der Waals surface area contributed by atoms with E-state index in [0.29, 0.717) is 23.6 Å². The number of nitriles is 1. The van der Waals surface area contributed by atoms with Gasteiger partial charge >= 0.3 is 0 Å². The van der Waals surface area contributed by atoms with E-state index in [1.165, 1.54) is 5.56 Å². The standard InChI is InChI=1S/C19H19N5O/c1-13-5-4-6-15(7-13)12-24-18(14(2)10-21-24)22-19(25)17-8-16(9-20)11-23(17)3/h4-8,10-11H,12H2,1-3H3,(H,22,25). The summed E-state index contributed by atoms with van der Waals surface area (Å²) in [4.78, 5) is 12.6. The number of anilines is 1. The molecule has 0 saturated heterocycles. The van der Waals surface area contributed by atoms with Gasteiger partial charge in [0.05, 0.1) is 18.3 Å². The second kappa shape index (κ2) is 6.65. The van der Waals surface area contributed by atoms with Crippen LogP contribution in [0.5, 0.6) is 0 Å². The fourth-order valence-corrected chi connectivity index (χ4v) is 2.77. The quantitative estimate of drug-likeness (QED) is 0.797. The van der Waals surface area contributed by atoms with E-state index in [0.717, 1.165) is 11.1 Å². The summed E-state index contributed by atoms with van der Waals surface area (Å²) in [6.07, 6.45) is 3.36. The highest BCUT2D eigenvalue weighted by atomic mass is 16.2. The number of nitrogens with one attached hydrogen (secondary N) is 1. The number of aryl methyl sites for hydroxylation is 3. The number of carbonyl (C=O) groups is 1. The number of carbonyl (C=O) groups excluding carboxylic acids is 1. The van der Waals surface area contributed by atoms with E-state index < -0.39 is 0 Å². The molecule has 2 heterocycles. The van der Waals surface area contributed by atoms with Crippen LogP contribution in [-0.4, -0.2) is 20.3 Å². The van der Waals surface area contributed by atoms with Gasteiger partial charge in [0.1, 0.15) is 17.6 Å². The number of benzene rings is 1. The van der Waals surface area contributed by atoms with Crippen molar-refractivity contribution in [2.24, 2.45) is 7.05 Å². The summed E-state index contributed by atoms with van der Waals surface area (Å²) in [5, 5.41) is 16.3. The Labute approximate surface area is 146 Å². The molecule has 1 N–H and O–H groups in total. The van der Waals surface area contributed by atoms with E-state index in [9.17, 15) is 4.79 Å². The molecule has 0 radical (unpaired) electrons. The van der Waals surface area contributed by atoms with Crippen LogP contribution in [0.4, 0.5) is 5.82 Å². The molecule has 0 aliphatic rings. The van der Waals surface area contributed by atoms with Crippen molar-refractivity contribution in [2.45, 2.75) is 20.4 Å². The molecule has 0 atom stereocenters. The van der Waals surface area contributed by atoms with Gasteiger partial charge in [-0.05, 0) is 25.5 Å². The molecule has 0 unspecified atom stereocenters. The molecule has 1 amide bonds. The molecule has 126 valence electrons. The molecule has 3 aromatic rings. The predicted octanol–water partition coefficient (Wildman–Crippen LogP) is 3.01. The van der Waals surface area contributed by atoms with Gasteiger partial charge in [0.25, 0.3) is 5.91 Å². The van der Waals surface area contributed by atoms with Gasteiger partial charge in [-0.3, -0.25) is 4.79 Å². The molecule has 0 fully saturated rings. The minimum absolute atomic E-state index is 0.266. The van der Waals surface area contributed by atoms with E-state index in [-0.39, 0.29) is 5.91 Å². The van der Waals surface area contributed by atoms with Crippen LogP contribution in [0, 0.1) is 25.2 Å². The first kappa shape index (κ1) is 16.5. The van der Waals surface area contributed by atoms with E-state index in [1.54, 1.807) is 34.8 Å². The third-order valence-corrected chi connectivity index (χ3v) is 4.04. The highest BCUT2D eigenvalue weighted by molar-refractivity contribution is 6.03. The smallest absolute Gasteiger partial charge is 0.273 e. The normalized spacial score (nSPS) is 10.5. The van der Waals surface area contributed by atoms with Gasteiger partial charge in [-0.25, -0.2) is 4.68 Å². The summed E-state index contributed by atoms with van der Waals surface area (Å²) >= 11 is 0. The topological polar surface area (TPSA) is 75.6 Å². The number of hydrogen-bond acceptors (Lipinski definition) is 3. The Morgan fingerprint density at radius 3 is 2.80 bits per heavy atom. The zero-order chi connectivity index (χ0) is 18.0. The number of aromatic nitrogens is 3. The molecule has 3 rings (SSSR count). The molecule has 0 aliphatic carbocycles. The Bertz CT molecular complexity index is 974. The van der Waals surface area contributed by atoms with Crippen molar-refractivity contribution in [1.29, 1.82) is 5.26 Å². The maximum atomic E-state index is 12.6. The Hall–Kier alpha value is -3.33. The van der Waals surface area contributed by atoms with E-state index in [4.69, 9.17) is 5.26 Å². The zero-order valence-electron chi connectivity index (χ0n) is 14.4. The lowest BCUT2D eigenvalue weighted by molar-refractivity contribution is 0.101. The third-order valence-electron chi connectivity index (χ3n) is 4.04. The summed E-state index contributed by atoms with van der Waals surface area (Å²) in [6, 6.07) is 11.8. The lowest BCUT2D eigenvalue weighted by Gasteiger charge is -2.11. The monoisotopic (exact) mass is 333 g/mol. The first-order valence-electron chi connectivity index (χ1n) is 7.93. The summed E-state index contributed by atoms with van der Waals surface area (Å²) in [5.41, 5.74) is 4.07.